The topological polar surface area (TPSA) is 9.23 Å². The molecule has 1 aromatic carbocycles. The molecule has 1 nitrogen and oxygen atoms in total. The number of hydrogen-bond acceptors (Lipinski definition) is 1. The number of terminal acetylenes is 1. The van der Waals surface area contributed by atoms with Crippen molar-refractivity contribution in [2.75, 3.05) is 0 Å². The van der Waals surface area contributed by atoms with Crippen molar-refractivity contribution in [3.05, 3.63) is 28.2 Å². The second-order valence-corrected chi connectivity index (χ2v) is 4.15. The molecule has 0 aliphatic carbocycles. The highest BCUT2D eigenvalue weighted by molar-refractivity contribution is 6.42. The van der Waals surface area contributed by atoms with Gasteiger partial charge < -0.3 is 4.74 Å². The second-order valence-electron chi connectivity index (χ2n) is 3.33. The maximum atomic E-state index is 5.82. The molecule has 0 spiro atoms. The Morgan fingerprint density at radius 1 is 1.29 bits per heavy atom. The molecule has 0 saturated heterocycles. The third kappa shape index (κ3) is 2.83. The van der Waals surface area contributed by atoms with E-state index in [1.807, 2.05) is 0 Å². The fourth-order valence-electron chi connectivity index (χ4n) is 0.864. The molecule has 14 heavy (non-hydrogen) atoms. The lowest BCUT2D eigenvalue weighted by Crippen LogP contribution is -2.25. The molecule has 0 heterocycles. The molecule has 0 bridgehead atoms. The number of hydrogen-bond donors (Lipinski definition) is 0. The van der Waals surface area contributed by atoms with E-state index in [1.54, 1.807) is 32.0 Å². The van der Waals surface area contributed by atoms with Crippen molar-refractivity contribution in [3.63, 3.8) is 0 Å². The Morgan fingerprint density at radius 2 is 1.93 bits per heavy atom. The van der Waals surface area contributed by atoms with Crippen LogP contribution in [0.5, 0.6) is 5.75 Å². The van der Waals surface area contributed by atoms with Gasteiger partial charge in [-0.05, 0) is 26.0 Å². The average molecular weight is 229 g/mol. The summed E-state index contributed by atoms with van der Waals surface area (Å²) in [4.78, 5) is 0. The molecule has 0 aromatic heterocycles. The molecule has 0 atom stereocenters. The summed E-state index contributed by atoms with van der Waals surface area (Å²) in [5.74, 6) is 3.14. The van der Waals surface area contributed by atoms with E-state index in [1.165, 1.54) is 0 Å². The van der Waals surface area contributed by atoms with Gasteiger partial charge >= 0.3 is 0 Å². The summed E-state index contributed by atoms with van der Waals surface area (Å²) in [6.07, 6.45) is 5.29. The summed E-state index contributed by atoms with van der Waals surface area (Å²) >= 11 is 11.6. The van der Waals surface area contributed by atoms with E-state index >= 15 is 0 Å². The summed E-state index contributed by atoms with van der Waals surface area (Å²) in [6, 6.07) is 5.04. The molecule has 1 rings (SSSR count). The van der Waals surface area contributed by atoms with Crippen LogP contribution in [-0.4, -0.2) is 5.60 Å². The Hall–Kier alpha value is -0.840. The number of rotatable bonds is 2. The average Bonchev–Trinajstić information content (AvgIpc) is 2.11. The molecule has 0 saturated carbocycles. The first-order valence-corrected chi connectivity index (χ1v) is 4.82. The summed E-state index contributed by atoms with van der Waals surface area (Å²) in [7, 11) is 0. The van der Waals surface area contributed by atoms with Crippen LogP contribution < -0.4 is 4.74 Å². The molecule has 0 fully saturated rings. The third-order valence-corrected chi connectivity index (χ3v) is 2.35. The van der Waals surface area contributed by atoms with Gasteiger partial charge in [0.05, 0.1) is 10.0 Å². The zero-order valence-corrected chi connectivity index (χ0v) is 9.49. The van der Waals surface area contributed by atoms with Crippen LogP contribution in [0.4, 0.5) is 0 Å². The Morgan fingerprint density at radius 3 is 2.43 bits per heavy atom. The van der Waals surface area contributed by atoms with Crippen LogP contribution in [-0.2, 0) is 0 Å². The van der Waals surface area contributed by atoms with Gasteiger partial charge in [0.15, 0.2) is 5.60 Å². The van der Waals surface area contributed by atoms with Gasteiger partial charge in [-0.25, -0.2) is 0 Å². The van der Waals surface area contributed by atoms with E-state index in [0.29, 0.717) is 15.8 Å². The predicted molar refractivity (Wildman–Crippen MR) is 60.0 cm³/mol. The number of benzene rings is 1. The molecule has 0 radical (unpaired) electrons. The molecule has 1 aromatic rings. The smallest absolute Gasteiger partial charge is 0.163 e. The summed E-state index contributed by atoms with van der Waals surface area (Å²) in [5, 5.41) is 0.953. The second kappa shape index (κ2) is 4.13. The molecule has 0 aliphatic heterocycles. The number of halogens is 2. The lowest BCUT2D eigenvalue weighted by atomic mass is 10.1. The molecule has 0 amide bonds. The minimum Gasteiger partial charge on any atom is -0.475 e. The van der Waals surface area contributed by atoms with Gasteiger partial charge in [-0.15, -0.1) is 6.42 Å². The third-order valence-electron chi connectivity index (χ3n) is 1.61. The summed E-state index contributed by atoms with van der Waals surface area (Å²) in [5.41, 5.74) is -0.642. The van der Waals surface area contributed by atoms with Gasteiger partial charge in [0, 0.05) is 6.07 Å². The molecule has 0 unspecified atom stereocenters. The highest BCUT2D eigenvalue weighted by atomic mass is 35.5. The Bertz CT molecular complexity index is 377. The monoisotopic (exact) mass is 228 g/mol. The van der Waals surface area contributed by atoms with Gasteiger partial charge in [0.25, 0.3) is 0 Å². The zero-order chi connectivity index (χ0) is 10.8. The predicted octanol–water partition coefficient (Wildman–Crippen LogP) is 3.78. The van der Waals surface area contributed by atoms with Crippen LogP contribution in [0.1, 0.15) is 13.8 Å². The summed E-state index contributed by atoms with van der Waals surface area (Å²) in [6.45, 7) is 3.60. The molecular weight excluding hydrogens is 219 g/mol. The minimum atomic E-state index is -0.642. The minimum absolute atomic E-state index is 0.456. The maximum absolute atomic E-state index is 5.82. The van der Waals surface area contributed by atoms with Crippen molar-refractivity contribution in [2.45, 2.75) is 19.4 Å². The van der Waals surface area contributed by atoms with E-state index in [0.717, 1.165) is 0 Å². The summed E-state index contributed by atoms with van der Waals surface area (Å²) < 4.78 is 5.51. The van der Waals surface area contributed by atoms with Gasteiger partial charge in [0.2, 0.25) is 0 Å². The lowest BCUT2D eigenvalue weighted by molar-refractivity contribution is 0.172. The Balaban J connectivity index is 2.90. The molecule has 74 valence electrons. The molecule has 0 N–H and O–H groups in total. The van der Waals surface area contributed by atoms with E-state index < -0.39 is 5.60 Å². The molecular formula is C11H10Cl2O. The number of ether oxygens (including phenoxy) is 1. The molecule has 3 heteroatoms. The quantitative estimate of drug-likeness (QED) is 0.701. The molecule has 0 aliphatic rings. The highest BCUT2D eigenvalue weighted by Crippen LogP contribution is 2.28. The fourth-order valence-corrected chi connectivity index (χ4v) is 1.15. The van der Waals surface area contributed by atoms with Crippen LogP contribution >= 0.6 is 23.2 Å². The first-order valence-electron chi connectivity index (χ1n) is 4.06. The van der Waals surface area contributed by atoms with Crippen LogP contribution in [0.2, 0.25) is 10.0 Å². The lowest BCUT2D eigenvalue weighted by Gasteiger charge is -2.20. The van der Waals surface area contributed by atoms with Crippen molar-refractivity contribution in [1.82, 2.24) is 0 Å². The first kappa shape index (κ1) is 11.2. The first-order chi connectivity index (χ1) is 6.44. The van der Waals surface area contributed by atoms with Crippen molar-refractivity contribution in [2.24, 2.45) is 0 Å². The van der Waals surface area contributed by atoms with Gasteiger partial charge in [-0.2, -0.15) is 0 Å². The van der Waals surface area contributed by atoms with E-state index in [-0.39, 0.29) is 0 Å². The Labute approximate surface area is 94.0 Å². The largest absolute Gasteiger partial charge is 0.475 e. The highest BCUT2D eigenvalue weighted by Gasteiger charge is 2.15. The SMILES string of the molecule is C#CC(C)(C)Oc1ccc(Cl)c(Cl)c1. The van der Waals surface area contributed by atoms with E-state index in [2.05, 4.69) is 5.92 Å². The van der Waals surface area contributed by atoms with Crippen molar-refractivity contribution < 1.29 is 4.74 Å². The van der Waals surface area contributed by atoms with Crippen LogP contribution in [0.25, 0.3) is 0 Å². The van der Waals surface area contributed by atoms with Crippen LogP contribution in [0, 0.1) is 12.3 Å². The van der Waals surface area contributed by atoms with Crippen LogP contribution in [0.15, 0.2) is 18.2 Å². The Kier molecular flexibility index (Phi) is 3.31. The van der Waals surface area contributed by atoms with Crippen molar-refractivity contribution in [1.29, 1.82) is 0 Å². The van der Waals surface area contributed by atoms with E-state index in [9.17, 15) is 0 Å². The zero-order valence-electron chi connectivity index (χ0n) is 7.97. The van der Waals surface area contributed by atoms with Gasteiger partial charge in [-0.3, -0.25) is 0 Å². The van der Waals surface area contributed by atoms with E-state index in [4.69, 9.17) is 34.4 Å². The normalized spacial score (nSPS) is 10.8. The standard InChI is InChI=1S/C11H10Cl2O/c1-4-11(2,3)14-8-5-6-9(12)10(13)7-8/h1,5-7H,2-3H3. The van der Waals surface area contributed by atoms with Crippen LogP contribution in [0.3, 0.4) is 0 Å². The van der Waals surface area contributed by atoms with Gasteiger partial charge in [0.1, 0.15) is 5.75 Å². The maximum Gasteiger partial charge on any atom is 0.163 e. The fraction of sp³-hybridized carbons (Fsp3) is 0.273. The van der Waals surface area contributed by atoms with Crippen molar-refractivity contribution >= 4 is 23.2 Å². The van der Waals surface area contributed by atoms with Gasteiger partial charge in [-0.1, -0.05) is 29.1 Å². The van der Waals surface area contributed by atoms with Crippen molar-refractivity contribution in [3.8, 4) is 18.1 Å².